The van der Waals surface area contributed by atoms with Crippen molar-refractivity contribution in [3.8, 4) is 0 Å². The Hall–Kier alpha value is -1.79. The maximum absolute atomic E-state index is 10.6. The monoisotopic (exact) mass is 300 g/mol. The Morgan fingerprint density at radius 1 is 1.58 bits per heavy atom. The zero-order chi connectivity index (χ0) is 13.8. The van der Waals surface area contributed by atoms with Crippen molar-refractivity contribution in [1.82, 2.24) is 15.2 Å². The van der Waals surface area contributed by atoms with Crippen LogP contribution in [-0.4, -0.2) is 21.4 Å². The molecule has 0 radical (unpaired) electrons. The van der Waals surface area contributed by atoms with E-state index in [0.717, 1.165) is 11.8 Å². The molecule has 0 unspecified atom stereocenters. The standard InChI is InChI=1S/C11H10Cl2N4O2/c12-9-4-10(13)15-5-8(9)6-16-3-1-2-14-11(16)7-17(18)19/h1,3-5,7,14H,2,6H2. The van der Waals surface area contributed by atoms with Gasteiger partial charge in [-0.2, -0.15) is 0 Å². The van der Waals surface area contributed by atoms with Gasteiger partial charge >= 0.3 is 0 Å². The SMILES string of the molecule is O=[N+]([O-])C=C1NCC=CN1Cc1cnc(Cl)cc1Cl. The van der Waals surface area contributed by atoms with Crippen LogP contribution < -0.4 is 5.32 Å². The van der Waals surface area contributed by atoms with Crippen LogP contribution in [-0.2, 0) is 6.54 Å². The molecule has 0 saturated heterocycles. The molecule has 100 valence electrons. The number of halogens is 2. The third-order valence-electron chi connectivity index (χ3n) is 2.46. The Balaban J connectivity index is 2.22. The first-order valence-electron chi connectivity index (χ1n) is 5.38. The van der Waals surface area contributed by atoms with Crippen molar-refractivity contribution in [2.45, 2.75) is 6.54 Å². The molecule has 8 heteroatoms. The summed E-state index contributed by atoms with van der Waals surface area (Å²) in [4.78, 5) is 15.7. The molecule has 0 saturated carbocycles. The van der Waals surface area contributed by atoms with Crippen molar-refractivity contribution < 1.29 is 4.92 Å². The Bertz CT molecular complexity index is 560. The number of pyridine rings is 1. The lowest BCUT2D eigenvalue weighted by molar-refractivity contribution is -0.404. The maximum atomic E-state index is 10.6. The molecule has 1 aromatic rings. The number of hydrogen-bond donors (Lipinski definition) is 1. The summed E-state index contributed by atoms with van der Waals surface area (Å²) < 4.78 is 0. The van der Waals surface area contributed by atoms with E-state index < -0.39 is 4.92 Å². The van der Waals surface area contributed by atoms with Gasteiger partial charge in [0, 0.05) is 24.5 Å². The van der Waals surface area contributed by atoms with Crippen LogP contribution in [0.1, 0.15) is 5.56 Å². The van der Waals surface area contributed by atoms with Crippen molar-refractivity contribution in [3.63, 3.8) is 0 Å². The molecule has 0 aromatic carbocycles. The van der Waals surface area contributed by atoms with Gasteiger partial charge in [0.2, 0.25) is 0 Å². The summed E-state index contributed by atoms with van der Waals surface area (Å²) in [5.74, 6) is 0.401. The van der Waals surface area contributed by atoms with Gasteiger partial charge in [0.15, 0.2) is 5.82 Å². The summed E-state index contributed by atoms with van der Waals surface area (Å²) in [7, 11) is 0. The van der Waals surface area contributed by atoms with Crippen LogP contribution in [0.5, 0.6) is 0 Å². The third kappa shape index (κ3) is 3.59. The van der Waals surface area contributed by atoms with Crippen molar-refractivity contribution in [3.05, 3.63) is 62.4 Å². The quantitative estimate of drug-likeness (QED) is 0.527. The fourth-order valence-electron chi connectivity index (χ4n) is 1.62. The second kappa shape index (κ2) is 5.90. The Morgan fingerprint density at radius 2 is 2.37 bits per heavy atom. The molecule has 0 spiro atoms. The number of nitro groups is 1. The van der Waals surface area contributed by atoms with Gasteiger partial charge in [-0.1, -0.05) is 23.2 Å². The number of aromatic nitrogens is 1. The normalized spacial score (nSPS) is 16.5. The topological polar surface area (TPSA) is 71.3 Å². The second-order valence-corrected chi connectivity index (χ2v) is 4.59. The zero-order valence-electron chi connectivity index (χ0n) is 9.72. The van der Waals surface area contributed by atoms with Crippen LogP contribution >= 0.6 is 23.2 Å². The van der Waals surface area contributed by atoms with E-state index in [1.165, 1.54) is 6.07 Å². The first-order chi connectivity index (χ1) is 9.06. The van der Waals surface area contributed by atoms with Crippen molar-refractivity contribution in [2.75, 3.05) is 6.54 Å². The van der Waals surface area contributed by atoms with E-state index in [-0.39, 0.29) is 0 Å². The lowest BCUT2D eigenvalue weighted by Crippen LogP contribution is -2.32. The van der Waals surface area contributed by atoms with E-state index in [9.17, 15) is 10.1 Å². The van der Waals surface area contributed by atoms with Crippen molar-refractivity contribution in [1.29, 1.82) is 0 Å². The summed E-state index contributed by atoms with van der Waals surface area (Å²) in [6, 6.07) is 1.54. The smallest absolute Gasteiger partial charge is 0.274 e. The zero-order valence-corrected chi connectivity index (χ0v) is 11.2. The van der Waals surface area contributed by atoms with E-state index in [0.29, 0.717) is 29.1 Å². The largest absolute Gasteiger partial charge is 0.363 e. The van der Waals surface area contributed by atoms with Crippen LogP contribution in [0.3, 0.4) is 0 Å². The van der Waals surface area contributed by atoms with Crippen LogP contribution in [0.4, 0.5) is 0 Å². The summed E-state index contributed by atoms with van der Waals surface area (Å²) in [5.41, 5.74) is 0.730. The molecule has 2 heterocycles. The van der Waals surface area contributed by atoms with Crippen LogP contribution in [0.25, 0.3) is 0 Å². The highest BCUT2D eigenvalue weighted by Crippen LogP contribution is 2.22. The van der Waals surface area contributed by atoms with Gasteiger partial charge in [-0.3, -0.25) is 10.1 Å². The minimum absolute atomic E-state index is 0.308. The van der Waals surface area contributed by atoms with Gasteiger partial charge in [0.25, 0.3) is 6.20 Å². The Morgan fingerprint density at radius 3 is 3.05 bits per heavy atom. The minimum atomic E-state index is -0.504. The molecule has 0 amide bonds. The summed E-state index contributed by atoms with van der Waals surface area (Å²) in [6.07, 6.45) is 6.09. The Kier molecular flexibility index (Phi) is 4.24. The maximum Gasteiger partial charge on any atom is 0.274 e. The first-order valence-corrected chi connectivity index (χ1v) is 6.14. The molecule has 0 atom stereocenters. The molecule has 1 N–H and O–H groups in total. The van der Waals surface area contributed by atoms with Gasteiger partial charge in [-0.15, -0.1) is 0 Å². The molecular formula is C11H10Cl2N4O2. The van der Waals surface area contributed by atoms with Gasteiger partial charge < -0.3 is 10.2 Å². The predicted molar refractivity (Wildman–Crippen MR) is 72.0 cm³/mol. The molecule has 1 aliphatic rings. The summed E-state index contributed by atoms with van der Waals surface area (Å²) >= 11 is 11.8. The highest BCUT2D eigenvalue weighted by atomic mass is 35.5. The van der Waals surface area contributed by atoms with E-state index >= 15 is 0 Å². The lowest BCUT2D eigenvalue weighted by atomic mass is 10.2. The van der Waals surface area contributed by atoms with Crippen LogP contribution in [0, 0.1) is 10.1 Å². The fraction of sp³-hybridized carbons (Fsp3) is 0.182. The minimum Gasteiger partial charge on any atom is -0.363 e. The van der Waals surface area contributed by atoms with E-state index in [4.69, 9.17) is 23.2 Å². The van der Waals surface area contributed by atoms with Gasteiger partial charge in [0.05, 0.1) is 16.5 Å². The van der Waals surface area contributed by atoms with Crippen molar-refractivity contribution >= 4 is 23.2 Å². The second-order valence-electron chi connectivity index (χ2n) is 3.79. The average molecular weight is 301 g/mol. The summed E-state index contributed by atoms with van der Waals surface area (Å²) in [6.45, 7) is 0.912. The molecule has 0 fully saturated rings. The van der Waals surface area contributed by atoms with E-state index in [1.54, 1.807) is 17.3 Å². The molecule has 2 rings (SSSR count). The first kappa shape index (κ1) is 13.6. The van der Waals surface area contributed by atoms with Crippen molar-refractivity contribution in [2.24, 2.45) is 0 Å². The van der Waals surface area contributed by atoms with Crippen LogP contribution in [0.2, 0.25) is 10.2 Å². The van der Waals surface area contributed by atoms with E-state index in [1.807, 2.05) is 6.08 Å². The fourth-order valence-corrected chi connectivity index (χ4v) is 2.04. The van der Waals surface area contributed by atoms with Gasteiger partial charge in [-0.25, -0.2) is 4.98 Å². The molecule has 1 aromatic heterocycles. The number of hydrogen-bond acceptors (Lipinski definition) is 5. The predicted octanol–water partition coefficient (Wildman–Crippen LogP) is 2.38. The molecule has 19 heavy (non-hydrogen) atoms. The third-order valence-corrected chi connectivity index (χ3v) is 3.02. The van der Waals surface area contributed by atoms with Gasteiger partial charge in [-0.05, 0) is 12.1 Å². The number of nitrogens with zero attached hydrogens (tertiary/aromatic N) is 3. The molecule has 1 aliphatic heterocycles. The lowest BCUT2D eigenvalue weighted by Gasteiger charge is -2.26. The molecule has 6 nitrogen and oxygen atoms in total. The van der Waals surface area contributed by atoms with Crippen LogP contribution in [0.15, 0.2) is 36.6 Å². The molecule has 0 aliphatic carbocycles. The highest BCUT2D eigenvalue weighted by Gasteiger charge is 2.15. The summed E-state index contributed by atoms with van der Waals surface area (Å²) in [5, 5.41) is 14.3. The average Bonchev–Trinajstić information content (AvgIpc) is 2.34. The number of nitrogens with one attached hydrogen (secondary N) is 1. The number of rotatable bonds is 3. The molecular weight excluding hydrogens is 291 g/mol. The van der Waals surface area contributed by atoms with E-state index in [2.05, 4.69) is 10.3 Å². The highest BCUT2D eigenvalue weighted by molar-refractivity contribution is 6.34. The van der Waals surface area contributed by atoms with Gasteiger partial charge in [0.1, 0.15) is 5.15 Å². The molecule has 0 bridgehead atoms. The Labute approximate surface area is 119 Å².